The second-order valence-electron chi connectivity index (χ2n) is 4.20. The molecular weight excluding hydrogens is 291 g/mol. The number of pyridine rings is 1. The first-order chi connectivity index (χ1) is 8.29. The summed E-state index contributed by atoms with van der Waals surface area (Å²) < 4.78 is 61.5. The van der Waals surface area contributed by atoms with Crippen molar-refractivity contribution >= 4 is 7.81 Å². The van der Waals surface area contributed by atoms with Gasteiger partial charge < -0.3 is 0 Å². The minimum absolute atomic E-state index is 1.17. The van der Waals surface area contributed by atoms with E-state index in [1.807, 2.05) is 0 Å². The monoisotopic (exact) mass is 309 g/mol. The van der Waals surface area contributed by atoms with E-state index in [2.05, 4.69) is 42.8 Å². The van der Waals surface area contributed by atoms with Crippen LogP contribution in [-0.2, 0) is 6.54 Å². The zero-order valence-corrected chi connectivity index (χ0v) is 11.7. The molecule has 0 atom stereocenters. The number of hydrogen-bond donors (Lipinski definition) is 0. The molecule has 8 heteroatoms. The zero-order chi connectivity index (χ0) is 15.2. The summed E-state index contributed by atoms with van der Waals surface area (Å²) >= 11 is 0. The summed E-state index contributed by atoms with van der Waals surface area (Å²) in [6.45, 7) is 5.56. The van der Waals surface area contributed by atoms with E-state index in [-0.39, 0.29) is 0 Å². The molecule has 0 aliphatic heterocycles. The Labute approximate surface area is 108 Å². The Morgan fingerprint density at radius 2 is 1.53 bits per heavy atom. The fraction of sp³-hybridized carbons (Fsp3) is 0.545. The molecule has 0 radical (unpaired) electrons. The first-order valence-electron chi connectivity index (χ1n) is 5.81. The summed E-state index contributed by atoms with van der Waals surface area (Å²) in [4.78, 5) is 0. The van der Waals surface area contributed by atoms with Gasteiger partial charge in [-0.3, -0.25) is 0 Å². The molecule has 0 fully saturated rings. The summed E-state index contributed by atoms with van der Waals surface area (Å²) in [7, 11) is -10.7. The van der Waals surface area contributed by atoms with Crippen molar-refractivity contribution in [3.63, 3.8) is 0 Å². The van der Waals surface area contributed by atoms with Crippen LogP contribution in [0, 0.1) is 6.92 Å². The van der Waals surface area contributed by atoms with Crippen molar-refractivity contribution in [2.45, 2.75) is 39.7 Å². The molecule has 0 unspecified atom stereocenters. The van der Waals surface area contributed by atoms with E-state index in [1.165, 1.54) is 31.5 Å². The third-order valence-electron chi connectivity index (χ3n) is 2.17. The molecule has 1 nitrogen and oxygen atoms in total. The summed E-state index contributed by atoms with van der Waals surface area (Å²) in [5.74, 6) is 0. The van der Waals surface area contributed by atoms with Crippen LogP contribution in [0.15, 0.2) is 24.4 Å². The van der Waals surface area contributed by atoms with Crippen LogP contribution < -0.4 is 4.57 Å². The van der Waals surface area contributed by atoms with Gasteiger partial charge in [0.2, 0.25) is 0 Å². The molecule has 0 amide bonds. The molecule has 0 saturated heterocycles. The number of aromatic nitrogens is 1. The van der Waals surface area contributed by atoms with Gasteiger partial charge in [-0.15, -0.1) is 0 Å². The number of nitrogens with zero attached hydrogens (tertiary/aromatic N) is 1. The molecule has 19 heavy (non-hydrogen) atoms. The van der Waals surface area contributed by atoms with Gasteiger partial charge in [0.1, 0.15) is 6.54 Å². The molecule has 0 spiro atoms. The van der Waals surface area contributed by atoms with Crippen molar-refractivity contribution in [2.24, 2.45) is 0 Å². The van der Waals surface area contributed by atoms with E-state index in [9.17, 15) is 25.2 Å². The molecule has 1 heterocycles. The average molecular weight is 309 g/mol. The number of unbranched alkanes of at least 4 members (excludes halogenated alkanes) is 2. The molecular formula is C11H18F6NP. The maximum atomic E-state index is 9.87. The Hall–Kier alpha value is -0.840. The third kappa shape index (κ3) is 17.2. The summed E-state index contributed by atoms with van der Waals surface area (Å²) in [5.41, 5.74) is 1.36. The number of halogens is 6. The van der Waals surface area contributed by atoms with E-state index in [1.54, 1.807) is 0 Å². The van der Waals surface area contributed by atoms with Crippen molar-refractivity contribution < 1.29 is 29.7 Å². The minimum atomic E-state index is -10.7. The van der Waals surface area contributed by atoms with Crippen LogP contribution in [0.2, 0.25) is 0 Å². The summed E-state index contributed by atoms with van der Waals surface area (Å²) in [6, 6.07) is 6.34. The number of aryl methyl sites for hydroxylation is 2. The van der Waals surface area contributed by atoms with Crippen LogP contribution in [0.3, 0.4) is 0 Å². The van der Waals surface area contributed by atoms with Crippen LogP contribution >= 0.6 is 7.81 Å². The zero-order valence-electron chi connectivity index (χ0n) is 10.8. The molecule has 0 aliphatic carbocycles. The van der Waals surface area contributed by atoms with Gasteiger partial charge >= 0.3 is 33.0 Å². The standard InChI is InChI=1S/C11H18N.F6P/c1-3-4-6-9-12-10-7-5-8-11(12)2;1-7(2,3,4,5)6/h5,7-8,10H,3-4,6,9H2,1-2H3;/q+1;-1. The molecule has 0 aliphatic rings. The topological polar surface area (TPSA) is 3.88 Å². The van der Waals surface area contributed by atoms with Gasteiger partial charge in [0, 0.05) is 25.5 Å². The van der Waals surface area contributed by atoms with Gasteiger partial charge in [-0.05, 0) is 6.42 Å². The molecule has 0 bridgehead atoms. The fourth-order valence-corrected chi connectivity index (χ4v) is 1.34. The second kappa shape index (κ2) is 5.65. The van der Waals surface area contributed by atoms with Crippen LogP contribution in [0.25, 0.3) is 0 Å². The Morgan fingerprint density at radius 3 is 1.95 bits per heavy atom. The average Bonchev–Trinajstić information content (AvgIpc) is 2.16. The van der Waals surface area contributed by atoms with Crippen LogP contribution in [0.5, 0.6) is 0 Å². The maximum absolute atomic E-state index is 10.7. The fourth-order valence-electron chi connectivity index (χ4n) is 1.34. The van der Waals surface area contributed by atoms with Crippen LogP contribution in [-0.4, -0.2) is 0 Å². The quantitative estimate of drug-likeness (QED) is 0.284. The van der Waals surface area contributed by atoms with Crippen molar-refractivity contribution in [3.8, 4) is 0 Å². The van der Waals surface area contributed by atoms with E-state index < -0.39 is 7.81 Å². The van der Waals surface area contributed by atoms with Gasteiger partial charge in [0.15, 0.2) is 11.9 Å². The Kier molecular flexibility index (Phi) is 5.40. The third-order valence-corrected chi connectivity index (χ3v) is 2.17. The van der Waals surface area contributed by atoms with Gasteiger partial charge in [-0.2, -0.15) is 0 Å². The number of rotatable bonds is 4. The van der Waals surface area contributed by atoms with Crippen LogP contribution in [0.1, 0.15) is 31.9 Å². The first kappa shape index (κ1) is 18.2. The Morgan fingerprint density at radius 1 is 1.00 bits per heavy atom. The van der Waals surface area contributed by atoms with Crippen molar-refractivity contribution in [1.82, 2.24) is 0 Å². The van der Waals surface area contributed by atoms with Gasteiger partial charge in [0.05, 0.1) is 0 Å². The van der Waals surface area contributed by atoms with Crippen molar-refractivity contribution in [1.29, 1.82) is 0 Å². The molecule has 1 rings (SSSR count). The molecule has 0 saturated carbocycles. The second-order valence-corrected chi connectivity index (χ2v) is 6.12. The Balaban J connectivity index is 0.000000399. The SMILES string of the molecule is CCCCC[n+]1ccccc1C.F[P-](F)(F)(F)(F)F. The van der Waals surface area contributed by atoms with E-state index >= 15 is 0 Å². The normalized spacial score (nSPS) is 14.9. The molecule has 114 valence electrons. The van der Waals surface area contributed by atoms with Gasteiger partial charge in [0.25, 0.3) is 0 Å². The predicted octanol–water partition coefficient (Wildman–Crippen LogP) is 5.86. The van der Waals surface area contributed by atoms with Gasteiger partial charge in [-0.25, -0.2) is 4.57 Å². The number of hydrogen-bond acceptors (Lipinski definition) is 0. The van der Waals surface area contributed by atoms with Crippen molar-refractivity contribution in [2.75, 3.05) is 0 Å². The molecule has 1 aromatic heterocycles. The van der Waals surface area contributed by atoms with E-state index in [0.29, 0.717) is 0 Å². The van der Waals surface area contributed by atoms with Crippen LogP contribution in [0.4, 0.5) is 25.2 Å². The van der Waals surface area contributed by atoms with E-state index in [0.717, 1.165) is 0 Å². The molecule has 1 aromatic rings. The molecule has 0 aromatic carbocycles. The first-order valence-corrected chi connectivity index (χ1v) is 7.84. The summed E-state index contributed by atoms with van der Waals surface area (Å²) in [5, 5.41) is 0. The predicted molar refractivity (Wildman–Crippen MR) is 64.5 cm³/mol. The van der Waals surface area contributed by atoms with Crippen molar-refractivity contribution in [3.05, 3.63) is 30.1 Å². The Bertz CT molecular complexity index is 388. The van der Waals surface area contributed by atoms with E-state index in [4.69, 9.17) is 0 Å². The summed E-state index contributed by atoms with van der Waals surface area (Å²) in [6.07, 6.45) is 6.09. The van der Waals surface area contributed by atoms with Gasteiger partial charge in [-0.1, -0.05) is 19.4 Å². The molecule has 0 N–H and O–H groups in total.